The molecule has 2 atom stereocenters. The zero-order valence-corrected chi connectivity index (χ0v) is 22.1. The van der Waals surface area contributed by atoms with Crippen LogP contribution in [0, 0.1) is 12.7 Å². The third kappa shape index (κ3) is 5.98. The zero-order valence-electron chi connectivity index (χ0n) is 22.1. The number of amides is 3. The van der Waals surface area contributed by atoms with Gasteiger partial charge in [0.15, 0.2) is 6.61 Å². The Morgan fingerprint density at radius 2 is 2.00 bits per heavy atom. The normalized spacial score (nSPS) is 19.3. The van der Waals surface area contributed by atoms with Gasteiger partial charge < -0.3 is 29.7 Å². The van der Waals surface area contributed by atoms with E-state index in [2.05, 4.69) is 15.6 Å². The van der Waals surface area contributed by atoms with Gasteiger partial charge in [0.2, 0.25) is 0 Å². The molecule has 1 aromatic heterocycles. The van der Waals surface area contributed by atoms with E-state index in [-0.39, 0.29) is 31.2 Å². The number of ether oxygens (including phenoxy) is 3. The number of nitrogens with one attached hydrogen (secondary N) is 2. The molecule has 1 fully saturated rings. The van der Waals surface area contributed by atoms with Gasteiger partial charge >= 0.3 is 0 Å². The molecule has 3 aliphatic heterocycles. The van der Waals surface area contributed by atoms with E-state index < -0.39 is 29.8 Å². The molecule has 3 amide bonds. The molecular formula is C29H29FN4O6. The summed E-state index contributed by atoms with van der Waals surface area (Å²) in [6.07, 6.45) is 2.27. The van der Waals surface area contributed by atoms with Crippen LogP contribution in [0.1, 0.15) is 38.3 Å². The van der Waals surface area contributed by atoms with Crippen molar-refractivity contribution in [2.75, 3.05) is 26.8 Å². The van der Waals surface area contributed by atoms with Gasteiger partial charge in [-0.1, -0.05) is 6.07 Å². The number of fused-ring (bicyclic) bond motifs is 7. The number of hydrogen-bond donors (Lipinski definition) is 2. The van der Waals surface area contributed by atoms with Crippen molar-refractivity contribution in [3.63, 3.8) is 0 Å². The number of aromatic nitrogens is 1. The van der Waals surface area contributed by atoms with E-state index in [4.69, 9.17) is 14.2 Å². The number of carbonyl (C=O) groups excluding carboxylic acids is 3. The second-order valence-electron chi connectivity index (χ2n) is 9.69. The summed E-state index contributed by atoms with van der Waals surface area (Å²) in [5, 5.41) is 5.82. The summed E-state index contributed by atoms with van der Waals surface area (Å²) in [6.45, 7) is 2.28. The fourth-order valence-corrected chi connectivity index (χ4v) is 4.76. The predicted molar refractivity (Wildman–Crippen MR) is 142 cm³/mol. The van der Waals surface area contributed by atoms with Gasteiger partial charge in [-0.25, -0.2) is 4.39 Å². The third-order valence-electron chi connectivity index (χ3n) is 6.94. The molecule has 3 aliphatic rings. The number of likely N-dealkylation sites (tertiary alicyclic amines) is 1. The molecule has 0 radical (unpaired) electrons. The van der Waals surface area contributed by atoms with Crippen molar-refractivity contribution in [2.45, 2.75) is 32.0 Å². The van der Waals surface area contributed by atoms with Crippen LogP contribution in [-0.4, -0.2) is 66.6 Å². The van der Waals surface area contributed by atoms with Crippen molar-refractivity contribution >= 4 is 17.7 Å². The van der Waals surface area contributed by atoms with Gasteiger partial charge in [-0.2, -0.15) is 0 Å². The Hall–Kier alpha value is -4.67. The summed E-state index contributed by atoms with van der Waals surface area (Å²) >= 11 is 0. The highest BCUT2D eigenvalue weighted by Crippen LogP contribution is 2.28. The molecule has 0 spiro atoms. The Morgan fingerprint density at radius 1 is 1.15 bits per heavy atom. The second kappa shape index (κ2) is 11.6. The maximum absolute atomic E-state index is 13.7. The SMILES string of the molecule is COc1cc2ccc1CNC(=O)COc1cc(ccc1C)C(=O)N[C@H]1CN(C(=O)c3cncc(F)c3)CC[C@H]1O2. The topological polar surface area (TPSA) is 119 Å². The van der Waals surface area contributed by atoms with Crippen LogP contribution in [0.2, 0.25) is 0 Å². The molecule has 11 heteroatoms. The van der Waals surface area contributed by atoms with E-state index in [1.54, 1.807) is 41.3 Å². The van der Waals surface area contributed by atoms with Crippen LogP contribution in [0.4, 0.5) is 4.39 Å². The lowest BCUT2D eigenvalue weighted by Gasteiger charge is -2.39. The van der Waals surface area contributed by atoms with Crippen molar-refractivity contribution in [3.05, 3.63) is 82.9 Å². The first-order chi connectivity index (χ1) is 19.3. The van der Waals surface area contributed by atoms with Crippen LogP contribution in [0.15, 0.2) is 54.9 Å². The smallest absolute Gasteiger partial charge is 0.258 e. The third-order valence-corrected chi connectivity index (χ3v) is 6.94. The lowest BCUT2D eigenvalue weighted by atomic mass is 10.00. The maximum Gasteiger partial charge on any atom is 0.258 e. The van der Waals surface area contributed by atoms with E-state index in [0.717, 1.165) is 23.4 Å². The van der Waals surface area contributed by atoms with Crippen LogP contribution >= 0.6 is 0 Å². The molecule has 0 saturated carbocycles. The number of carbonyl (C=O) groups is 3. The molecule has 4 heterocycles. The predicted octanol–water partition coefficient (Wildman–Crippen LogP) is 2.64. The van der Waals surface area contributed by atoms with Crippen LogP contribution in [0.25, 0.3) is 0 Å². The molecule has 2 aromatic carbocycles. The monoisotopic (exact) mass is 548 g/mol. The highest BCUT2D eigenvalue weighted by Gasteiger charge is 2.35. The molecule has 208 valence electrons. The number of halogens is 1. The van der Waals surface area contributed by atoms with Crippen LogP contribution < -0.4 is 24.8 Å². The lowest BCUT2D eigenvalue weighted by Crippen LogP contribution is -2.58. The first kappa shape index (κ1) is 26.9. The van der Waals surface area contributed by atoms with Gasteiger partial charge in [0.05, 0.1) is 24.9 Å². The maximum atomic E-state index is 13.7. The first-order valence-corrected chi connectivity index (χ1v) is 12.8. The van der Waals surface area contributed by atoms with Crippen molar-refractivity contribution in [3.8, 4) is 17.2 Å². The summed E-state index contributed by atoms with van der Waals surface area (Å²) in [5.74, 6) is -0.285. The highest BCUT2D eigenvalue weighted by atomic mass is 19.1. The molecule has 3 aromatic rings. The average Bonchev–Trinajstić information content (AvgIpc) is 2.96. The molecule has 1 saturated heterocycles. The minimum atomic E-state index is -0.607. The van der Waals surface area contributed by atoms with Crippen molar-refractivity contribution in [1.29, 1.82) is 0 Å². The number of nitrogens with zero attached hydrogens (tertiary/aromatic N) is 2. The number of aryl methyl sites for hydroxylation is 1. The minimum Gasteiger partial charge on any atom is -0.496 e. The van der Waals surface area contributed by atoms with Crippen LogP contribution in [0.5, 0.6) is 17.2 Å². The summed E-state index contributed by atoms with van der Waals surface area (Å²) in [7, 11) is 1.53. The first-order valence-electron chi connectivity index (χ1n) is 12.8. The summed E-state index contributed by atoms with van der Waals surface area (Å²) < 4.78 is 31.3. The Labute approximate surface area is 230 Å². The van der Waals surface area contributed by atoms with Crippen molar-refractivity contribution in [2.24, 2.45) is 0 Å². The van der Waals surface area contributed by atoms with E-state index in [1.165, 1.54) is 13.3 Å². The summed E-state index contributed by atoms with van der Waals surface area (Å²) in [5.41, 5.74) is 1.96. The van der Waals surface area contributed by atoms with Crippen LogP contribution in [0.3, 0.4) is 0 Å². The number of pyridine rings is 1. The molecule has 40 heavy (non-hydrogen) atoms. The Balaban J connectivity index is 1.47. The zero-order chi connectivity index (χ0) is 28.2. The lowest BCUT2D eigenvalue weighted by molar-refractivity contribution is -0.123. The second-order valence-corrected chi connectivity index (χ2v) is 9.69. The van der Waals surface area contributed by atoms with E-state index in [9.17, 15) is 18.8 Å². The molecule has 6 rings (SSSR count). The van der Waals surface area contributed by atoms with Gasteiger partial charge in [-0.05, 0) is 42.8 Å². The highest BCUT2D eigenvalue weighted by molar-refractivity contribution is 5.96. The van der Waals surface area contributed by atoms with Crippen LogP contribution in [-0.2, 0) is 11.3 Å². The van der Waals surface area contributed by atoms with E-state index in [1.807, 2.05) is 6.92 Å². The summed E-state index contributed by atoms with van der Waals surface area (Å²) in [6, 6.07) is 10.8. The van der Waals surface area contributed by atoms with Gasteiger partial charge in [-0.15, -0.1) is 0 Å². The number of piperidine rings is 1. The van der Waals surface area contributed by atoms with Gasteiger partial charge in [-0.3, -0.25) is 19.4 Å². The number of rotatable bonds is 2. The molecule has 2 N–H and O–H groups in total. The van der Waals surface area contributed by atoms with E-state index in [0.29, 0.717) is 35.8 Å². The average molecular weight is 549 g/mol. The fourth-order valence-electron chi connectivity index (χ4n) is 4.76. The largest absolute Gasteiger partial charge is 0.496 e. The Morgan fingerprint density at radius 3 is 2.80 bits per heavy atom. The molecular weight excluding hydrogens is 519 g/mol. The van der Waals surface area contributed by atoms with Crippen molar-refractivity contribution in [1.82, 2.24) is 20.5 Å². The number of hydrogen-bond acceptors (Lipinski definition) is 7. The quantitative estimate of drug-likeness (QED) is 0.505. The summed E-state index contributed by atoms with van der Waals surface area (Å²) in [4.78, 5) is 44.3. The van der Waals surface area contributed by atoms with Gasteiger partial charge in [0.25, 0.3) is 17.7 Å². The Bertz CT molecular complexity index is 1450. The number of methoxy groups -OCH3 is 1. The molecule has 0 aliphatic carbocycles. The molecule has 0 unspecified atom stereocenters. The molecule has 10 nitrogen and oxygen atoms in total. The standard InChI is InChI=1S/C29H29FN4O6/c1-17-3-4-18-10-25(17)39-16-27(35)32-13-19-5-6-22(11-26(19)38-2)40-24-7-8-34(15-23(24)33-28(18)36)29(37)20-9-21(30)14-31-12-20/h3-6,9-12,14,23-24H,7-8,13,15-16H2,1-2H3,(H,32,35)(H,33,36)/t23-,24+/m0/s1. The Kier molecular flexibility index (Phi) is 7.81. The van der Waals surface area contributed by atoms with Gasteiger partial charge in [0.1, 0.15) is 29.2 Å². The number of benzene rings is 2. The molecule has 4 bridgehead atoms. The van der Waals surface area contributed by atoms with Crippen molar-refractivity contribution < 1.29 is 33.0 Å². The minimum absolute atomic E-state index is 0.124. The van der Waals surface area contributed by atoms with E-state index >= 15 is 0 Å². The van der Waals surface area contributed by atoms with Gasteiger partial charge in [0, 0.05) is 49.4 Å². The fraction of sp³-hybridized carbons (Fsp3) is 0.310.